The van der Waals surface area contributed by atoms with Crippen molar-refractivity contribution < 1.29 is 19.1 Å². The predicted octanol–water partition coefficient (Wildman–Crippen LogP) is 4.40. The smallest absolute Gasteiger partial charge is 0.335 e. The van der Waals surface area contributed by atoms with Gasteiger partial charge in [-0.2, -0.15) is 0 Å². The minimum atomic E-state index is -0.951. The molecule has 0 unspecified atom stereocenters. The molecule has 1 aliphatic rings. The van der Waals surface area contributed by atoms with Crippen LogP contribution in [0.1, 0.15) is 50.7 Å². The fraction of sp³-hybridized carbons (Fsp3) is 0.261. The number of benzene rings is 2. The highest BCUT2D eigenvalue weighted by atomic mass is 19.1. The molecule has 0 spiro atoms. The van der Waals surface area contributed by atoms with Crippen LogP contribution >= 0.6 is 0 Å². The fourth-order valence-corrected chi connectivity index (χ4v) is 4.01. The number of pyridine rings is 1. The van der Waals surface area contributed by atoms with Crippen LogP contribution < -0.4 is 0 Å². The number of aromatic nitrogens is 1. The molecule has 148 valence electrons. The number of amides is 1. The summed E-state index contributed by atoms with van der Waals surface area (Å²) >= 11 is 0. The summed E-state index contributed by atoms with van der Waals surface area (Å²) in [6, 6.07) is 12.9. The van der Waals surface area contributed by atoms with E-state index < -0.39 is 5.97 Å². The molecule has 2 heterocycles. The first-order valence-corrected chi connectivity index (χ1v) is 9.62. The molecule has 1 amide bonds. The van der Waals surface area contributed by atoms with E-state index in [4.69, 9.17) is 5.11 Å². The van der Waals surface area contributed by atoms with Crippen molar-refractivity contribution in [2.45, 2.75) is 25.7 Å². The number of hydrogen-bond acceptors (Lipinski definition) is 3. The van der Waals surface area contributed by atoms with Crippen molar-refractivity contribution in [1.29, 1.82) is 0 Å². The zero-order valence-corrected chi connectivity index (χ0v) is 16.1. The van der Waals surface area contributed by atoms with Crippen LogP contribution in [-0.4, -0.2) is 40.0 Å². The Kier molecular flexibility index (Phi) is 5.01. The molecular formula is C23H21FN2O3. The molecule has 6 heteroatoms. The Bertz CT molecular complexity index is 1090. The van der Waals surface area contributed by atoms with Crippen LogP contribution in [0.5, 0.6) is 0 Å². The number of carbonyl (C=O) groups excluding carboxylic acids is 1. The van der Waals surface area contributed by atoms with Crippen LogP contribution in [-0.2, 0) is 0 Å². The van der Waals surface area contributed by atoms with Crippen molar-refractivity contribution >= 4 is 22.8 Å². The average molecular weight is 392 g/mol. The first-order valence-electron chi connectivity index (χ1n) is 9.62. The molecular weight excluding hydrogens is 371 g/mol. The minimum absolute atomic E-state index is 0.0843. The molecule has 3 aromatic rings. The van der Waals surface area contributed by atoms with Gasteiger partial charge in [0.15, 0.2) is 0 Å². The second-order valence-corrected chi connectivity index (χ2v) is 7.49. The van der Waals surface area contributed by atoms with Crippen molar-refractivity contribution in [2.24, 2.45) is 0 Å². The zero-order chi connectivity index (χ0) is 20.5. The van der Waals surface area contributed by atoms with Crippen LogP contribution in [0.2, 0.25) is 0 Å². The summed E-state index contributed by atoms with van der Waals surface area (Å²) in [6.07, 6.45) is 1.81. The van der Waals surface area contributed by atoms with Gasteiger partial charge < -0.3 is 10.0 Å². The molecule has 0 bridgehead atoms. The lowest BCUT2D eigenvalue weighted by Crippen LogP contribution is -2.39. The van der Waals surface area contributed by atoms with Gasteiger partial charge in [-0.05, 0) is 55.7 Å². The number of rotatable bonds is 3. The van der Waals surface area contributed by atoms with Gasteiger partial charge in [0.1, 0.15) is 5.82 Å². The Balaban J connectivity index is 1.61. The van der Waals surface area contributed by atoms with Gasteiger partial charge in [-0.1, -0.05) is 12.1 Å². The van der Waals surface area contributed by atoms with E-state index in [1.807, 2.05) is 17.0 Å². The second-order valence-electron chi connectivity index (χ2n) is 7.49. The normalized spacial score (nSPS) is 16.8. The molecule has 0 aliphatic carbocycles. The Hall–Kier alpha value is -3.28. The van der Waals surface area contributed by atoms with Crippen LogP contribution in [0.25, 0.3) is 10.9 Å². The number of halogens is 1. The average Bonchev–Trinajstić information content (AvgIpc) is 2.72. The number of piperidine rings is 1. The van der Waals surface area contributed by atoms with Gasteiger partial charge in [0.25, 0.3) is 5.91 Å². The molecule has 0 saturated carbocycles. The van der Waals surface area contributed by atoms with Gasteiger partial charge in [0.2, 0.25) is 0 Å². The Morgan fingerprint density at radius 1 is 1.14 bits per heavy atom. The SMILES string of the molecule is Cc1cc(C(=O)N2CCC[C@@H](c3ccc(C(=O)O)cc3)C2)c2ccc(F)cc2n1. The monoisotopic (exact) mass is 392 g/mol. The van der Waals surface area contributed by atoms with Crippen LogP contribution in [0.15, 0.2) is 48.5 Å². The van der Waals surface area contributed by atoms with Gasteiger partial charge in [0, 0.05) is 36.2 Å². The molecule has 5 nitrogen and oxygen atoms in total. The number of hydrogen-bond donors (Lipinski definition) is 1. The highest BCUT2D eigenvalue weighted by Gasteiger charge is 2.27. The zero-order valence-electron chi connectivity index (χ0n) is 16.1. The van der Waals surface area contributed by atoms with E-state index in [2.05, 4.69) is 4.98 Å². The van der Waals surface area contributed by atoms with E-state index in [9.17, 15) is 14.0 Å². The molecule has 2 aromatic carbocycles. The van der Waals surface area contributed by atoms with E-state index >= 15 is 0 Å². The van der Waals surface area contributed by atoms with Crippen molar-refractivity contribution in [1.82, 2.24) is 9.88 Å². The Morgan fingerprint density at radius 3 is 2.62 bits per heavy atom. The van der Waals surface area contributed by atoms with Crippen LogP contribution in [0.3, 0.4) is 0 Å². The molecule has 1 fully saturated rings. The lowest BCUT2D eigenvalue weighted by Gasteiger charge is -2.33. The number of nitrogens with zero attached hydrogens (tertiary/aromatic N) is 2. The second kappa shape index (κ2) is 7.62. The topological polar surface area (TPSA) is 70.5 Å². The predicted molar refractivity (Wildman–Crippen MR) is 108 cm³/mol. The fourth-order valence-electron chi connectivity index (χ4n) is 4.01. The third-order valence-electron chi connectivity index (χ3n) is 5.47. The first kappa shape index (κ1) is 19.1. The van der Waals surface area contributed by atoms with Crippen molar-refractivity contribution in [3.05, 3.63) is 76.7 Å². The maximum Gasteiger partial charge on any atom is 0.335 e. The van der Waals surface area contributed by atoms with E-state index in [1.165, 1.54) is 12.1 Å². The summed E-state index contributed by atoms with van der Waals surface area (Å²) in [7, 11) is 0. The quantitative estimate of drug-likeness (QED) is 0.717. The molecule has 1 saturated heterocycles. The van der Waals surface area contributed by atoms with Gasteiger partial charge in [0.05, 0.1) is 16.6 Å². The molecule has 0 radical (unpaired) electrons. The number of aromatic carboxylic acids is 1. The Labute approximate surface area is 167 Å². The molecule has 29 heavy (non-hydrogen) atoms. The lowest BCUT2D eigenvalue weighted by atomic mass is 9.89. The third-order valence-corrected chi connectivity index (χ3v) is 5.47. The van der Waals surface area contributed by atoms with Crippen molar-refractivity contribution in [3.8, 4) is 0 Å². The van der Waals surface area contributed by atoms with E-state index in [-0.39, 0.29) is 23.2 Å². The minimum Gasteiger partial charge on any atom is -0.478 e. The summed E-state index contributed by atoms with van der Waals surface area (Å²) < 4.78 is 13.6. The Morgan fingerprint density at radius 2 is 1.90 bits per heavy atom. The number of carbonyl (C=O) groups is 2. The maximum absolute atomic E-state index is 13.6. The highest BCUT2D eigenvalue weighted by Crippen LogP contribution is 2.29. The molecule has 1 N–H and O–H groups in total. The lowest BCUT2D eigenvalue weighted by molar-refractivity contribution is 0.0694. The van der Waals surface area contributed by atoms with Gasteiger partial charge >= 0.3 is 5.97 Å². The van der Waals surface area contributed by atoms with Crippen molar-refractivity contribution in [2.75, 3.05) is 13.1 Å². The summed E-state index contributed by atoms with van der Waals surface area (Å²) in [4.78, 5) is 30.5. The number of aryl methyl sites for hydroxylation is 1. The van der Waals surface area contributed by atoms with Gasteiger partial charge in [-0.15, -0.1) is 0 Å². The standard InChI is InChI=1S/C23H21FN2O3/c1-14-11-20(19-9-8-18(24)12-21(19)25-14)22(27)26-10-2-3-17(13-26)15-4-6-16(7-5-15)23(28)29/h4-9,11-12,17H,2-3,10,13H2,1H3,(H,28,29)/t17-/m1/s1. The highest BCUT2D eigenvalue weighted by molar-refractivity contribution is 6.06. The molecule has 1 atom stereocenters. The summed E-state index contributed by atoms with van der Waals surface area (Å²) in [5.41, 5.74) is 2.97. The number of fused-ring (bicyclic) bond motifs is 1. The number of likely N-dealkylation sites (tertiary alicyclic amines) is 1. The molecule has 1 aromatic heterocycles. The van der Waals surface area contributed by atoms with Gasteiger partial charge in [-0.3, -0.25) is 9.78 Å². The van der Waals surface area contributed by atoms with Crippen LogP contribution in [0, 0.1) is 12.7 Å². The largest absolute Gasteiger partial charge is 0.478 e. The van der Waals surface area contributed by atoms with Crippen LogP contribution in [0.4, 0.5) is 4.39 Å². The summed E-state index contributed by atoms with van der Waals surface area (Å²) in [5, 5.41) is 9.72. The van der Waals surface area contributed by atoms with Gasteiger partial charge in [-0.25, -0.2) is 9.18 Å². The third kappa shape index (κ3) is 3.83. The number of carboxylic acids is 1. The summed E-state index contributed by atoms with van der Waals surface area (Å²) in [5.74, 6) is -1.26. The van der Waals surface area contributed by atoms with Crippen molar-refractivity contribution in [3.63, 3.8) is 0 Å². The summed E-state index contributed by atoms with van der Waals surface area (Å²) in [6.45, 7) is 3.02. The first-order chi connectivity index (χ1) is 13.9. The molecule has 1 aliphatic heterocycles. The molecule has 4 rings (SSSR count). The van der Waals surface area contributed by atoms with E-state index in [0.717, 1.165) is 18.4 Å². The van der Waals surface area contributed by atoms with E-state index in [0.29, 0.717) is 35.2 Å². The van der Waals surface area contributed by atoms with E-state index in [1.54, 1.807) is 31.2 Å². The number of carboxylic acid groups (broad SMARTS) is 1. The maximum atomic E-state index is 13.6.